The zero-order chi connectivity index (χ0) is 16.1. The van der Waals surface area contributed by atoms with Crippen LogP contribution in [-0.4, -0.2) is 25.2 Å². The van der Waals surface area contributed by atoms with Crippen LogP contribution in [0.4, 0.5) is 0 Å². The number of nitrogens with zero attached hydrogens (tertiary/aromatic N) is 1. The van der Waals surface area contributed by atoms with E-state index in [1.165, 1.54) is 0 Å². The number of sulfone groups is 1. The fourth-order valence-electron chi connectivity index (χ4n) is 2.40. The van der Waals surface area contributed by atoms with Crippen LogP contribution in [0, 0.1) is 17.2 Å². The summed E-state index contributed by atoms with van der Waals surface area (Å²) in [5.41, 5.74) is 0.429. The molecule has 0 fully saturated rings. The van der Waals surface area contributed by atoms with Gasteiger partial charge in [-0.3, -0.25) is 4.79 Å². The second-order valence-electron chi connectivity index (χ2n) is 5.18. The van der Waals surface area contributed by atoms with E-state index in [1.807, 2.05) is 6.07 Å². The van der Waals surface area contributed by atoms with E-state index in [1.54, 1.807) is 44.2 Å². The van der Waals surface area contributed by atoms with Gasteiger partial charge in [0.05, 0.1) is 11.8 Å². The average molecular weight is 309 g/mol. The molecule has 0 saturated heterocycles. The Morgan fingerprint density at radius 2 is 1.90 bits per heavy atom. The largest absolute Gasteiger partial charge is 0.481 e. The van der Waals surface area contributed by atoms with Crippen LogP contribution in [0.1, 0.15) is 32.3 Å². The van der Waals surface area contributed by atoms with Gasteiger partial charge >= 0.3 is 5.97 Å². The van der Waals surface area contributed by atoms with Crippen molar-refractivity contribution in [3.05, 3.63) is 35.9 Å². The smallest absolute Gasteiger partial charge is 0.303 e. The van der Waals surface area contributed by atoms with Gasteiger partial charge < -0.3 is 5.11 Å². The predicted octanol–water partition coefficient (Wildman–Crippen LogP) is 2.34. The minimum absolute atomic E-state index is 0.000645. The molecule has 1 unspecified atom stereocenters. The number of hydrogen-bond donors (Lipinski definition) is 1. The van der Waals surface area contributed by atoms with Crippen LogP contribution in [0.3, 0.4) is 0 Å². The average Bonchev–Trinajstić information content (AvgIpc) is 2.39. The van der Waals surface area contributed by atoms with Gasteiger partial charge in [0.25, 0.3) is 0 Å². The van der Waals surface area contributed by atoms with Crippen LogP contribution in [0.15, 0.2) is 30.3 Å². The van der Waals surface area contributed by atoms with E-state index in [0.717, 1.165) is 0 Å². The number of carboxylic acids is 1. The molecule has 0 aliphatic heterocycles. The molecule has 1 rings (SSSR count). The molecule has 114 valence electrons. The van der Waals surface area contributed by atoms with Crippen molar-refractivity contribution in [1.82, 2.24) is 0 Å². The predicted molar refractivity (Wildman–Crippen MR) is 79.2 cm³/mol. The maximum Gasteiger partial charge on any atom is 0.303 e. The molecule has 1 N–H and O–H groups in total. The molecule has 5 nitrogen and oxygen atoms in total. The summed E-state index contributed by atoms with van der Waals surface area (Å²) >= 11 is 0. The van der Waals surface area contributed by atoms with Crippen molar-refractivity contribution in [2.45, 2.75) is 31.4 Å². The summed E-state index contributed by atoms with van der Waals surface area (Å²) in [6.45, 7) is 3.37. The molecule has 0 aromatic heterocycles. The first-order valence-electron chi connectivity index (χ1n) is 6.69. The van der Waals surface area contributed by atoms with E-state index in [4.69, 9.17) is 5.11 Å². The molecular weight excluding hydrogens is 290 g/mol. The lowest BCUT2D eigenvalue weighted by Crippen LogP contribution is -2.41. The molecule has 0 amide bonds. The fraction of sp³-hybridized carbons (Fsp3) is 0.467. The lowest BCUT2D eigenvalue weighted by molar-refractivity contribution is -0.137. The molecule has 1 atom stereocenters. The van der Waals surface area contributed by atoms with Crippen LogP contribution < -0.4 is 0 Å². The summed E-state index contributed by atoms with van der Waals surface area (Å²) in [6.07, 6.45) is -0.228. The quantitative estimate of drug-likeness (QED) is 0.834. The van der Waals surface area contributed by atoms with Gasteiger partial charge in [-0.05, 0) is 17.9 Å². The highest BCUT2D eigenvalue weighted by molar-refractivity contribution is 7.92. The minimum Gasteiger partial charge on any atom is -0.481 e. The Morgan fingerprint density at radius 1 is 1.33 bits per heavy atom. The lowest BCUT2D eigenvalue weighted by atomic mass is 9.89. The minimum atomic E-state index is -3.81. The summed E-state index contributed by atoms with van der Waals surface area (Å²) in [5, 5.41) is 18.2. The van der Waals surface area contributed by atoms with Crippen molar-refractivity contribution in [2.24, 2.45) is 5.92 Å². The molecule has 6 heteroatoms. The van der Waals surface area contributed by atoms with Gasteiger partial charge in [0.1, 0.15) is 0 Å². The Bertz CT molecular complexity index is 631. The Labute approximate surface area is 125 Å². The Hall–Kier alpha value is -1.87. The number of carbonyl (C=O) groups is 1. The molecule has 0 bridgehead atoms. The first-order chi connectivity index (χ1) is 9.78. The first-order valence-corrected chi connectivity index (χ1v) is 8.34. The van der Waals surface area contributed by atoms with Gasteiger partial charge in [0, 0.05) is 6.42 Å². The summed E-state index contributed by atoms with van der Waals surface area (Å²) in [4.78, 5) is 10.5. The summed E-state index contributed by atoms with van der Waals surface area (Å²) < 4.78 is 23.7. The number of aliphatic carboxylic acids is 1. The van der Waals surface area contributed by atoms with Crippen molar-refractivity contribution >= 4 is 15.8 Å². The normalized spacial score (nSPS) is 14.4. The summed E-state index contributed by atoms with van der Waals surface area (Å²) in [6, 6.07) is 10.4. The maximum absolute atomic E-state index is 12.7. The third-order valence-electron chi connectivity index (χ3n) is 3.48. The molecular formula is C15H19NO4S. The van der Waals surface area contributed by atoms with E-state index in [-0.39, 0.29) is 18.6 Å². The molecule has 0 aliphatic carbocycles. The standard InChI is InChI=1S/C15H19NO4S/c1-12(2)15(11-16,13-7-4-3-5-8-13)21(19,20)10-6-9-14(17)18/h3-5,7-8,12H,6,9-10H2,1-2H3,(H,17,18). The van der Waals surface area contributed by atoms with E-state index >= 15 is 0 Å². The zero-order valence-corrected chi connectivity index (χ0v) is 12.9. The molecule has 0 spiro atoms. The van der Waals surface area contributed by atoms with Crippen molar-refractivity contribution in [1.29, 1.82) is 5.26 Å². The molecule has 1 aromatic carbocycles. The molecule has 0 radical (unpaired) electrons. The molecule has 0 saturated carbocycles. The molecule has 1 aromatic rings. The Morgan fingerprint density at radius 3 is 2.33 bits per heavy atom. The number of benzene rings is 1. The van der Waals surface area contributed by atoms with Crippen molar-refractivity contribution in [3.63, 3.8) is 0 Å². The van der Waals surface area contributed by atoms with Crippen LogP contribution in [0.25, 0.3) is 0 Å². The summed E-state index contributed by atoms with van der Waals surface area (Å²) in [7, 11) is -3.81. The number of rotatable bonds is 7. The van der Waals surface area contributed by atoms with E-state index in [0.29, 0.717) is 5.56 Å². The Balaban J connectivity index is 3.26. The maximum atomic E-state index is 12.7. The second kappa shape index (κ2) is 6.72. The number of hydrogen-bond acceptors (Lipinski definition) is 4. The van der Waals surface area contributed by atoms with Crippen LogP contribution >= 0.6 is 0 Å². The molecule has 0 heterocycles. The van der Waals surface area contributed by atoms with Crippen molar-refractivity contribution in [2.75, 3.05) is 5.75 Å². The van der Waals surface area contributed by atoms with E-state index in [2.05, 4.69) is 0 Å². The lowest BCUT2D eigenvalue weighted by Gasteiger charge is -2.30. The SMILES string of the molecule is CC(C)C(C#N)(c1ccccc1)S(=O)(=O)CCCC(=O)O. The first kappa shape index (κ1) is 17.2. The van der Waals surface area contributed by atoms with Gasteiger partial charge in [-0.2, -0.15) is 5.26 Å². The van der Waals surface area contributed by atoms with Crippen LogP contribution in [0.5, 0.6) is 0 Å². The monoisotopic (exact) mass is 309 g/mol. The van der Waals surface area contributed by atoms with Crippen LogP contribution in [-0.2, 0) is 19.4 Å². The fourth-order valence-corrected chi connectivity index (χ4v) is 4.59. The highest BCUT2D eigenvalue weighted by Gasteiger charge is 2.48. The van der Waals surface area contributed by atoms with Gasteiger partial charge in [-0.25, -0.2) is 8.42 Å². The number of nitriles is 1. The number of carboxylic acid groups (broad SMARTS) is 1. The Kier molecular flexibility index (Phi) is 5.50. The van der Waals surface area contributed by atoms with E-state index < -0.39 is 26.5 Å². The highest BCUT2D eigenvalue weighted by Crippen LogP contribution is 2.38. The highest BCUT2D eigenvalue weighted by atomic mass is 32.2. The zero-order valence-electron chi connectivity index (χ0n) is 12.1. The van der Waals surface area contributed by atoms with E-state index in [9.17, 15) is 18.5 Å². The molecule has 21 heavy (non-hydrogen) atoms. The second-order valence-corrected chi connectivity index (χ2v) is 7.47. The third-order valence-corrected chi connectivity index (χ3v) is 6.08. The topological polar surface area (TPSA) is 95.2 Å². The summed E-state index contributed by atoms with van der Waals surface area (Å²) in [5.74, 6) is -1.81. The molecule has 0 aliphatic rings. The van der Waals surface area contributed by atoms with Gasteiger partial charge in [0.2, 0.25) is 0 Å². The van der Waals surface area contributed by atoms with Gasteiger partial charge in [0.15, 0.2) is 14.6 Å². The van der Waals surface area contributed by atoms with Crippen molar-refractivity contribution in [3.8, 4) is 6.07 Å². The van der Waals surface area contributed by atoms with Gasteiger partial charge in [-0.1, -0.05) is 44.2 Å². The van der Waals surface area contributed by atoms with Crippen LogP contribution in [0.2, 0.25) is 0 Å². The third kappa shape index (κ3) is 3.42. The van der Waals surface area contributed by atoms with Crippen molar-refractivity contribution < 1.29 is 18.3 Å². The van der Waals surface area contributed by atoms with Gasteiger partial charge in [-0.15, -0.1) is 0 Å².